The molecule has 0 aliphatic carbocycles. The van der Waals surface area contributed by atoms with E-state index in [1.165, 1.54) is 5.56 Å². The fraction of sp³-hybridized carbons (Fsp3) is 0.435. The highest BCUT2D eigenvalue weighted by molar-refractivity contribution is 5.79. The number of hydrogen-bond acceptors (Lipinski definition) is 4. The quantitative estimate of drug-likeness (QED) is 0.734. The highest BCUT2D eigenvalue weighted by Crippen LogP contribution is 2.29. The van der Waals surface area contributed by atoms with Crippen LogP contribution in [0, 0.1) is 5.92 Å². The van der Waals surface area contributed by atoms with Gasteiger partial charge in [-0.1, -0.05) is 36.4 Å². The van der Waals surface area contributed by atoms with Crippen molar-refractivity contribution in [3.05, 3.63) is 59.7 Å². The number of methoxy groups -OCH3 is 2. The van der Waals surface area contributed by atoms with E-state index in [0.29, 0.717) is 6.54 Å². The lowest BCUT2D eigenvalue weighted by molar-refractivity contribution is -0.136. The van der Waals surface area contributed by atoms with Gasteiger partial charge in [0.1, 0.15) is 0 Å². The summed E-state index contributed by atoms with van der Waals surface area (Å²) in [6, 6.07) is 16.2. The summed E-state index contributed by atoms with van der Waals surface area (Å²) in [5.41, 5.74) is 2.33. The molecular weight excluding hydrogens is 352 g/mol. The Labute approximate surface area is 167 Å². The van der Waals surface area contributed by atoms with E-state index in [9.17, 15) is 4.79 Å². The lowest BCUT2D eigenvalue weighted by atomic mass is 9.96. The first kappa shape index (κ1) is 20.2. The third-order valence-electron chi connectivity index (χ3n) is 5.35. The lowest BCUT2D eigenvalue weighted by Gasteiger charge is -2.34. The van der Waals surface area contributed by atoms with Crippen LogP contribution in [0.4, 0.5) is 0 Å². The van der Waals surface area contributed by atoms with Gasteiger partial charge >= 0.3 is 0 Å². The Balaban J connectivity index is 1.59. The summed E-state index contributed by atoms with van der Waals surface area (Å²) in [6.45, 7) is 3.28. The predicted molar refractivity (Wildman–Crippen MR) is 110 cm³/mol. The zero-order valence-corrected chi connectivity index (χ0v) is 17.1. The molecule has 2 aromatic rings. The van der Waals surface area contributed by atoms with Crippen molar-refractivity contribution in [2.75, 3.05) is 34.4 Å². The maximum Gasteiger partial charge on any atom is 0.227 e. The molecule has 1 heterocycles. The van der Waals surface area contributed by atoms with E-state index >= 15 is 0 Å². The van der Waals surface area contributed by atoms with Gasteiger partial charge in [-0.3, -0.25) is 9.69 Å². The largest absolute Gasteiger partial charge is 0.493 e. The minimum absolute atomic E-state index is 0.0580. The molecule has 1 amide bonds. The molecule has 0 unspecified atom stereocenters. The molecular formula is C23H30N2O3. The molecule has 0 aromatic heterocycles. The van der Waals surface area contributed by atoms with Gasteiger partial charge in [-0.2, -0.15) is 0 Å². The molecule has 0 bridgehead atoms. The van der Waals surface area contributed by atoms with Gasteiger partial charge in [0, 0.05) is 26.7 Å². The van der Waals surface area contributed by atoms with Crippen LogP contribution in [0.15, 0.2) is 48.5 Å². The maximum atomic E-state index is 12.9. The van der Waals surface area contributed by atoms with Crippen molar-refractivity contribution in [2.24, 2.45) is 5.92 Å². The van der Waals surface area contributed by atoms with Gasteiger partial charge in [-0.05, 0) is 42.6 Å². The molecule has 0 radical (unpaired) electrons. The van der Waals surface area contributed by atoms with Crippen LogP contribution in [0.2, 0.25) is 0 Å². The number of nitrogens with zero attached hydrogens (tertiary/aromatic N) is 2. The van der Waals surface area contributed by atoms with Crippen molar-refractivity contribution in [3.63, 3.8) is 0 Å². The van der Waals surface area contributed by atoms with E-state index in [2.05, 4.69) is 23.1 Å². The molecule has 5 heteroatoms. The molecule has 5 nitrogen and oxygen atoms in total. The maximum absolute atomic E-state index is 12.9. The Morgan fingerprint density at radius 1 is 1.07 bits per heavy atom. The molecule has 3 rings (SSSR count). The van der Waals surface area contributed by atoms with Crippen LogP contribution in [0.25, 0.3) is 0 Å². The van der Waals surface area contributed by atoms with Gasteiger partial charge in [0.2, 0.25) is 5.91 Å². The Bertz CT molecular complexity index is 779. The first-order valence-corrected chi connectivity index (χ1v) is 9.83. The van der Waals surface area contributed by atoms with Crippen molar-refractivity contribution in [1.29, 1.82) is 0 Å². The number of piperidine rings is 1. The van der Waals surface area contributed by atoms with Gasteiger partial charge in [0.05, 0.1) is 20.1 Å². The van der Waals surface area contributed by atoms with Gasteiger partial charge in [-0.15, -0.1) is 0 Å². The zero-order valence-electron chi connectivity index (χ0n) is 17.1. The fourth-order valence-electron chi connectivity index (χ4n) is 3.88. The summed E-state index contributed by atoms with van der Waals surface area (Å²) in [5, 5.41) is 0. The van der Waals surface area contributed by atoms with Crippen LogP contribution in [0.3, 0.4) is 0 Å². The summed E-state index contributed by atoms with van der Waals surface area (Å²) in [4.78, 5) is 17.2. The highest BCUT2D eigenvalue weighted by Gasteiger charge is 2.28. The van der Waals surface area contributed by atoms with Crippen molar-refractivity contribution in [1.82, 2.24) is 9.80 Å². The van der Waals surface area contributed by atoms with E-state index in [4.69, 9.17) is 9.47 Å². The number of amides is 1. The molecule has 1 atom stereocenters. The zero-order chi connectivity index (χ0) is 19.9. The number of benzene rings is 2. The van der Waals surface area contributed by atoms with Crippen molar-refractivity contribution >= 4 is 5.91 Å². The van der Waals surface area contributed by atoms with Crippen molar-refractivity contribution in [3.8, 4) is 11.5 Å². The number of ether oxygens (including phenoxy) is 2. The lowest BCUT2D eigenvalue weighted by Crippen LogP contribution is -2.43. The number of carbonyl (C=O) groups is 1. The minimum atomic E-state index is 0.0580. The second-order valence-corrected chi connectivity index (χ2v) is 7.44. The van der Waals surface area contributed by atoms with Gasteiger partial charge < -0.3 is 14.4 Å². The van der Waals surface area contributed by atoms with Crippen LogP contribution in [0.5, 0.6) is 11.5 Å². The molecule has 1 fully saturated rings. The first-order chi connectivity index (χ1) is 13.6. The summed E-state index contributed by atoms with van der Waals surface area (Å²) < 4.78 is 10.7. The summed E-state index contributed by atoms with van der Waals surface area (Å²) in [7, 11) is 5.20. The second kappa shape index (κ2) is 9.60. The van der Waals surface area contributed by atoms with Crippen LogP contribution in [-0.4, -0.2) is 50.1 Å². The molecule has 0 saturated carbocycles. The molecule has 0 N–H and O–H groups in total. The van der Waals surface area contributed by atoms with Gasteiger partial charge in [0.15, 0.2) is 11.5 Å². The second-order valence-electron chi connectivity index (χ2n) is 7.44. The van der Waals surface area contributed by atoms with Gasteiger partial charge in [-0.25, -0.2) is 0 Å². The summed E-state index contributed by atoms with van der Waals surface area (Å²) in [5.74, 6) is 1.77. The minimum Gasteiger partial charge on any atom is -0.493 e. The normalized spacial score (nSPS) is 17.2. The van der Waals surface area contributed by atoms with Crippen LogP contribution >= 0.6 is 0 Å². The van der Waals surface area contributed by atoms with Crippen molar-refractivity contribution < 1.29 is 14.3 Å². The predicted octanol–water partition coefficient (Wildman–Crippen LogP) is 3.57. The monoisotopic (exact) mass is 382 g/mol. The van der Waals surface area contributed by atoms with E-state index < -0.39 is 0 Å². The average molecular weight is 383 g/mol. The number of carbonyl (C=O) groups excluding carboxylic acids is 1. The Morgan fingerprint density at radius 2 is 1.82 bits per heavy atom. The average Bonchev–Trinajstić information content (AvgIpc) is 2.74. The molecule has 1 aliphatic heterocycles. The Morgan fingerprint density at radius 3 is 2.54 bits per heavy atom. The SMILES string of the molecule is COc1ccc(CN2CCC[C@H](C(=O)N(C)Cc3ccccc3)C2)cc1OC. The van der Waals surface area contributed by atoms with Crippen LogP contribution < -0.4 is 9.47 Å². The topological polar surface area (TPSA) is 42.0 Å². The van der Waals surface area contributed by atoms with E-state index in [-0.39, 0.29) is 11.8 Å². The van der Waals surface area contributed by atoms with Gasteiger partial charge in [0.25, 0.3) is 0 Å². The fourth-order valence-corrected chi connectivity index (χ4v) is 3.88. The van der Waals surface area contributed by atoms with Crippen LogP contribution in [0.1, 0.15) is 24.0 Å². The summed E-state index contributed by atoms with van der Waals surface area (Å²) >= 11 is 0. The standard InChI is InChI=1S/C23H30N2O3/c1-24(15-18-8-5-4-6-9-18)23(26)20-10-7-13-25(17-20)16-19-11-12-21(27-2)22(14-19)28-3/h4-6,8-9,11-12,14,20H,7,10,13,15-17H2,1-3H3/t20-/m0/s1. The molecule has 28 heavy (non-hydrogen) atoms. The first-order valence-electron chi connectivity index (χ1n) is 9.83. The van der Waals surface area contributed by atoms with E-state index in [1.54, 1.807) is 14.2 Å². The number of rotatable bonds is 7. The van der Waals surface area contributed by atoms with Crippen molar-refractivity contribution in [2.45, 2.75) is 25.9 Å². The third-order valence-corrected chi connectivity index (χ3v) is 5.35. The molecule has 2 aromatic carbocycles. The molecule has 1 aliphatic rings. The Hall–Kier alpha value is -2.53. The summed E-state index contributed by atoms with van der Waals surface area (Å²) in [6.07, 6.45) is 2.00. The Kier molecular flexibility index (Phi) is 6.93. The molecule has 150 valence electrons. The smallest absolute Gasteiger partial charge is 0.227 e. The third kappa shape index (κ3) is 5.04. The molecule has 0 spiro atoms. The van der Waals surface area contributed by atoms with E-state index in [1.807, 2.05) is 42.3 Å². The number of hydrogen-bond donors (Lipinski definition) is 0. The number of likely N-dealkylation sites (tertiary alicyclic amines) is 1. The molecule has 1 saturated heterocycles. The highest BCUT2D eigenvalue weighted by atomic mass is 16.5. The van der Waals surface area contributed by atoms with E-state index in [0.717, 1.165) is 49.5 Å². The van der Waals surface area contributed by atoms with Crippen LogP contribution in [-0.2, 0) is 17.9 Å².